The Bertz CT molecular complexity index is 1040. The van der Waals surface area contributed by atoms with E-state index in [-0.39, 0.29) is 6.42 Å². The van der Waals surface area contributed by atoms with Gasteiger partial charge in [0.25, 0.3) is 0 Å². The predicted octanol–water partition coefficient (Wildman–Crippen LogP) is -2.92. The Hall–Kier alpha value is -3.97. The van der Waals surface area contributed by atoms with Crippen molar-refractivity contribution in [3.8, 4) is 0 Å². The number of hydrogen-bond donors (Lipinski definition) is 8. The third kappa shape index (κ3) is 7.29. The molecule has 3 atom stereocenters. The molecule has 1 aromatic heterocycles. The number of carboxylic acids is 1. The number of carbonyl (C=O) groups is 5. The molecule has 178 valence electrons. The normalized spacial score (nSPS) is 13.5. The van der Waals surface area contributed by atoms with Gasteiger partial charge in [0.15, 0.2) is 0 Å². The highest BCUT2D eigenvalue weighted by Crippen LogP contribution is 2.19. The van der Waals surface area contributed by atoms with Gasteiger partial charge in [0.2, 0.25) is 23.6 Å². The first-order chi connectivity index (χ1) is 15.6. The number of aliphatic hydroxyl groups is 1. The van der Waals surface area contributed by atoms with Crippen LogP contribution in [0, 0.1) is 0 Å². The Morgan fingerprint density at radius 1 is 1.00 bits per heavy atom. The zero-order valence-electron chi connectivity index (χ0n) is 17.5. The number of nitrogens with two attached hydrogens (primary N) is 2. The number of primary amides is 1. The molecule has 0 spiro atoms. The lowest BCUT2D eigenvalue weighted by atomic mass is 10.0. The van der Waals surface area contributed by atoms with Gasteiger partial charge in [0, 0.05) is 23.5 Å². The minimum Gasteiger partial charge on any atom is -0.480 e. The van der Waals surface area contributed by atoms with Crippen molar-refractivity contribution in [1.29, 1.82) is 0 Å². The van der Waals surface area contributed by atoms with Crippen LogP contribution in [0.1, 0.15) is 12.0 Å². The van der Waals surface area contributed by atoms with Crippen molar-refractivity contribution in [3.63, 3.8) is 0 Å². The fourth-order valence-electron chi connectivity index (χ4n) is 3.07. The van der Waals surface area contributed by atoms with Crippen molar-refractivity contribution in [2.24, 2.45) is 11.5 Å². The van der Waals surface area contributed by atoms with E-state index in [9.17, 15) is 29.1 Å². The number of aromatic nitrogens is 1. The highest BCUT2D eigenvalue weighted by molar-refractivity contribution is 5.95. The van der Waals surface area contributed by atoms with Crippen LogP contribution in [0.2, 0.25) is 0 Å². The van der Waals surface area contributed by atoms with E-state index >= 15 is 0 Å². The van der Waals surface area contributed by atoms with Gasteiger partial charge in [-0.2, -0.15) is 0 Å². The summed E-state index contributed by atoms with van der Waals surface area (Å²) >= 11 is 0. The smallest absolute Gasteiger partial charge is 0.322 e. The second-order valence-electron chi connectivity index (χ2n) is 7.26. The molecule has 13 nitrogen and oxygen atoms in total. The largest absolute Gasteiger partial charge is 0.480 e. The zero-order chi connectivity index (χ0) is 24.5. The van der Waals surface area contributed by atoms with Crippen LogP contribution in [0.25, 0.3) is 10.9 Å². The molecule has 0 saturated carbocycles. The Morgan fingerprint density at radius 3 is 2.30 bits per heavy atom. The van der Waals surface area contributed by atoms with Gasteiger partial charge in [-0.15, -0.1) is 0 Å². The molecule has 0 radical (unpaired) electrons. The number of carboxylic acid groups (broad SMARTS) is 1. The van der Waals surface area contributed by atoms with Gasteiger partial charge in [-0.05, 0) is 11.6 Å². The molecule has 0 saturated heterocycles. The molecular weight excluding hydrogens is 436 g/mol. The number of aromatic amines is 1. The summed E-state index contributed by atoms with van der Waals surface area (Å²) in [7, 11) is 0. The Labute approximate surface area is 187 Å². The Balaban J connectivity index is 2.16. The van der Waals surface area contributed by atoms with Crippen molar-refractivity contribution in [3.05, 3.63) is 36.0 Å². The molecule has 0 fully saturated rings. The summed E-state index contributed by atoms with van der Waals surface area (Å²) in [4.78, 5) is 62.1. The van der Waals surface area contributed by atoms with Crippen molar-refractivity contribution in [2.75, 3.05) is 13.2 Å². The molecule has 33 heavy (non-hydrogen) atoms. The zero-order valence-corrected chi connectivity index (χ0v) is 17.5. The van der Waals surface area contributed by atoms with Crippen LogP contribution >= 0.6 is 0 Å². The molecule has 1 heterocycles. The lowest BCUT2D eigenvalue weighted by molar-refractivity contribution is -0.138. The van der Waals surface area contributed by atoms with Crippen LogP contribution in [0.3, 0.4) is 0 Å². The van der Waals surface area contributed by atoms with Gasteiger partial charge >= 0.3 is 5.97 Å². The molecule has 0 aliphatic rings. The molecule has 2 aromatic rings. The summed E-state index contributed by atoms with van der Waals surface area (Å²) < 4.78 is 0. The maximum Gasteiger partial charge on any atom is 0.322 e. The van der Waals surface area contributed by atoms with Crippen LogP contribution in [-0.4, -0.2) is 76.1 Å². The number of benzene rings is 1. The highest BCUT2D eigenvalue weighted by atomic mass is 16.4. The minimum atomic E-state index is -1.48. The standard InChI is InChI=1S/C20H26N6O7/c21-12(6-16(22)28)18(31)26-15(9-27)20(33)25-14(19(32)24-8-17(29)30)5-10-7-23-13-4-2-1-3-11(10)13/h1-4,7,12,14-15,23,27H,5-6,8-9,21H2,(H2,22,28)(H,24,32)(H,25,33)(H,26,31)(H,29,30). The van der Waals surface area contributed by atoms with Gasteiger partial charge in [-0.25, -0.2) is 0 Å². The first-order valence-electron chi connectivity index (χ1n) is 9.92. The van der Waals surface area contributed by atoms with Crippen LogP contribution in [-0.2, 0) is 30.4 Å². The maximum atomic E-state index is 12.7. The van der Waals surface area contributed by atoms with Crippen molar-refractivity contribution in [2.45, 2.75) is 31.0 Å². The van der Waals surface area contributed by atoms with E-state index in [4.69, 9.17) is 16.6 Å². The Morgan fingerprint density at radius 2 is 1.67 bits per heavy atom. The van der Waals surface area contributed by atoms with Gasteiger partial charge in [-0.1, -0.05) is 18.2 Å². The maximum absolute atomic E-state index is 12.7. The summed E-state index contributed by atoms with van der Waals surface area (Å²) in [6.07, 6.45) is 1.18. The third-order valence-corrected chi connectivity index (χ3v) is 4.72. The van der Waals surface area contributed by atoms with Gasteiger partial charge in [-0.3, -0.25) is 24.0 Å². The summed E-state index contributed by atoms with van der Waals surface area (Å²) in [6.45, 7) is -1.49. The SMILES string of the molecule is NC(=O)CC(N)C(=O)NC(CO)C(=O)NC(Cc1c[nH]c2ccccc12)C(=O)NCC(=O)O. The van der Waals surface area contributed by atoms with E-state index in [1.54, 1.807) is 12.3 Å². The van der Waals surface area contributed by atoms with Crippen LogP contribution in [0.4, 0.5) is 0 Å². The number of H-pyrrole nitrogens is 1. The number of hydrogen-bond acceptors (Lipinski definition) is 7. The molecule has 10 N–H and O–H groups in total. The molecular formula is C20H26N6O7. The van der Waals surface area contributed by atoms with E-state index < -0.39 is 67.3 Å². The summed E-state index contributed by atoms with van der Waals surface area (Å²) in [5.41, 5.74) is 12.0. The van der Waals surface area contributed by atoms with E-state index in [0.29, 0.717) is 5.56 Å². The summed E-state index contributed by atoms with van der Waals surface area (Å²) in [5, 5.41) is 26.0. The second-order valence-corrected chi connectivity index (χ2v) is 7.26. The number of fused-ring (bicyclic) bond motifs is 1. The number of rotatable bonds is 12. The minimum absolute atomic E-state index is 0.00547. The number of aliphatic carboxylic acids is 1. The predicted molar refractivity (Wildman–Crippen MR) is 115 cm³/mol. The van der Waals surface area contributed by atoms with Crippen LogP contribution in [0.5, 0.6) is 0 Å². The van der Waals surface area contributed by atoms with Gasteiger partial charge in [0.1, 0.15) is 18.6 Å². The molecule has 0 aliphatic heterocycles. The summed E-state index contributed by atoms with van der Waals surface area (Å²) in [6, 6.07) is 3.22. The topological polar surface area (TPSA) is 230 Å². The Kier molecular flexibility index (Phi) is 8.89. The average molecular weight is 462 g/mol. The first kappa shape index (κ1) is 25.3. The molecule has 1 aromatic carbocycles. The van der Waals surface area contributed by atoms with E-state index in [1.165, 1.54) is 0 Å². The lowest BCUT2D eigenvalue weighted by Crippen LogP contribution is -2.57. The number of para-hydroxylation sites is 1. The molecule has 0 bridgehead atoms. The molecule has 2 rings (SSSR count). The van der Waals surface area contributed by atoms with Crippen molar-refractivity contribution in [1.82, 2.24) is 20.9 Å². The third-order valence-electron chi connectivity index (χ3n) is 4.72. The van der Waals surface area contributed by atoms with Crippen LogP contribution in [0.15, 0.2) is 30.5 Å². The van der Waals surface area contributed by atoms with Crippen LogP contribution < -0.4 is 27.4 Å². The first-order valence-corrected chi connectivity index (χ1v) is 9.92. The molecule has 3 unspecified atom stereocenters. The number of aliphatic hydroxyl groups excluding tert-OH is 1. The summed E-state index contributed by atoms with van der Waals surface area (Å²) in [5.74, 6) is -4.68. The monoisotopic (exact) mass is 462 g/mol. The number of amides is 4. The molecule has 0 aliphatic carbocycles. The number of carbonyl (C=O) groups excluding carboxylic acids is 4. The number of nitrogens with one attached hydrogen (secondary N) is 4. The highest BCUT2D eigenvalue weighted by Gasteiger charge is 2.29. The van der Waals surface area contributed by atoms with Crippen molar-refractivity contribution >= 4 is 40.5 Å². The van der Waals surface area contributed by atoms with E-state index in [1.807, 2.05) is 18.2 Å². The van der Waals surface area contributed by atoms with Crippen molar-refractivity contribution < 1.29 is 34.2 Å². The van der Waals surface area contributed by atoms with E-state index in [0.717, 1.165) is 10.9 Å². The fraction of sp³-hybridized carbons (Fsp3) is 0.350. The lowest BCUT2D eigenvalue weighted by Gasteiger charge is -2.22. The average Bonchev–Trinajstić information content (AvgIpc) is 3.17. The van der Waals surface area contributed by atoms with Gasteiger partial charge in [0.05, 0.1) is 19.1 Å². The quantitative estimate of drug-likeness (QED) is 0.162. The molecule has 4 amide bonds. The second kappa shape index (κ2) is 11.6. The molecule has 13 heteroatoms. The van der Waals surface area contributed by atoms with E-state index in [2.05, 4.69) is 20.9 Å². The fourth-order valence-corrected chi connectivity index (χ4v) is 3.07. The van der Waals surface area contributed by atoms with Gasteiger partial charge < -0.3 is 42.6 Å².